The van der Waals surface area contributed by atoms with Crippen LogP contribution in [0.4, 0.5) is 50.0 Å². The van der Waals surface area contributed by atoms with Gasteiger partial charge in [-0.1, -0.05) is 6.07 Å². The van der Waals surface area contributed by atoms with E-state index in [-0.39, 0.29) is 44.8 Å². The molecule has 3 saturated heterocycles. The molecule has 0 aromatic heterocycles. The van der Waals surface area contributed by atoms with E-state index in [4.69, 9.17) is 4.74 Å². The van der Waals surface area contributed by atoms with E-state index in [0.29, 0.717) is 24.5 Å². The molecule has 208 valence electrons. The number of carbonyl (C=O) groups excluding carboxylic acids is 1. The highest BCUT2D eigenvalue weighted by molar-refractivity contribution is 5.68. The molecule has 3 aliphatic heterocycles. The Morgan fingerprint density at radius 3 is 2.00 bits per heavy atom. The van der Waals surface area contributed by atoms with E-state index in [2.05, 4.69) is 4.74 Å². The van der Waals surface area contributed by atoms with E-state index in [1.54, 1.807) is 4.90 Å². The number of halogens is 9. The second-order valence-electron chi connectivity index (χ2n) is 9.28. The number of ether oxygens (including phenoxy) is 2. The molecule has 2 bridgehead atoms. The molecule has 0 saturated carbocycles. The molecule has 2 unspecified atom stereocenters. The van der Waals surface area contributed by atoms with Crippen LogP contribution in [0.1, 0.15) is 24.0 Å². The van der Waals surface area contributed by atoms with Gasteiger partial charge in [-0.05, 0) is 30.5 Å². The molecular formula is C22H24F9N3O3. The second kappa shape index (κ2) is 10.0. The van der Waals surface area contributed by atoms with Crippen LogP contribution in [0.15, 0.2) is 18.2 Å². The molecule has 1 aromatic carbocycles. The van der Waals surface area contributed by atoms with Gasteiger partial charge in [0.25, 0.3) is 6.10 Å². The first-order valence-corrected chi connectivity index (χ1v) is 11.5. The van der Waals surface area contributed by atoms with Crippen molar-refractivity contribution in [3.05, 3.63) is 29.3 Å². The maximum absolute atomic E-state index is 13.4. The smallest absolute Gasteiger partial charge is 0.426 e. The van der Waals surface area contributed by atoms with Crippen molar-refractivity contribution in [2.75, 3.05) is 44.3 Å². The molecule has 3 aliphatic rings. The summed E-state index contributed by atoms with van der Waals surface area (Å²) in [4.78, 5) is 16.5. The normalized spacial score (nSPS) is 23.6. The number of piperazine rings is 1. The highest BCUT2D eigenvalue weighted by Gasteiger charge is 2.60. The average molecular weight is 549 g/mol. The largest absolute Gasteiger partial charge is 0.434 e. The fraction of sp³-hybridized carbons (Fsp3) is 0.682. The van der Waals surface area contributed by atoms with Gasteiger partial charge in [-0.15, -0.1) is 0 Å². The van der Waals surface area contributed by atoms with Crippen molar-refractivity contribution in [3.63, 3.8) is 0 Å². The van der Waals surface area contributed by atoms with Gasteiger partial charge in [-0.2, -0.15) is 39.5 Å². The van der Waals surface area contributed by atoms with E-state index >= 15 is 0 Å². The maximum Gasteiger partial charge on any atom is 0.434 e. The predicted molar refractivity (Wildman–Crippen MR) is 111 cm³/mol. The molecule has 0 N–H and O–H groups in total. The Kier molecular flexibility index (Phi) is 7.49. The van der Waals surface area contributed by atoms with Gasteiger partial charge in [0.1, 0.15) is 0 Å². The Hall–Kier alpha value is -2.42. The number of anilines is 1. The van der Waals surface area contributed by atoms with Crippen molar-refractivity contribution in [2.45, 2.75) is 56.1 Å². The van der Waals surface area contributed by atoms with Crippen molar-refractivity contribution < 1.29 is 53.8 Å². The van der Waals surface area contributed by atoms with E-state index in [9.17, 15) is 44.3 Å². The molecule has 37 heavy (non-hydrogen) atoms. The number of alkyl halides is 9. The van der Waals surface area contributed by atoms with Crippen LogP contribution in [-0.4, -0.2) is 85.8 Å². The minimum Gasteiger partial charge on any atom is -0.426 e. The summed E-state index contributed by atoms with van der Waals surface area (Å²) in [5.74, 6) is 0. The van der Waals surface area contributed by atoms with Gasteiger partial charge in [0.15, 0.2) is 0 Å². The third kappa shape index (κ3) is 6.19. The number of fused-ring (bicyclic) bond motifs is 2. The molecular weight excluding hydrogens is 525 g/mol. The zero-order chi connectivity index (χ0) is 27.2. The molecule has 4 rings (SSSR count). The Bertz CT molecular complexity index is 945. The van der Waals surface area contributed by atoms with Crippen LogP contribution < -0.4 is 4.90 Å². The van der Waals surface area contributed by atoms with Gasteiger partial charge in [-0.3, -0.25) is 4.90 Å². The van der Waals surface area contributed by atoms with Crippen molar-refractivity contribution >= 4 is 11.8 Å². The van der Waals surface area contributed by atoms with Gasteiger partial charge < -0.3 is 19.3 Å². The summed E-state index contributed by atoms with van der Waals surface area (Å²) in [5.41, 5.74) is 0.219. The fourth-order valence-corrected chi connectivity index (χ4v) is 4.96. The van der Waals surface area contributed by atoms with Crippen LogP contribution in [0.5, 0.6) is 0 Å². The van der Waals surface area contributed by atoms with Crippen LogP contribution in [0.25, 0.3) is 0 Å². The third-order valence-electron chi connectivity index (χ3n) is 6.77. The number of nitrogens with zero attached hydrogens (tertiary/aromatic N) is 3. The molecule has 15 heteroatoms. The lowest BCUT2D eigenvalue weighted by molar-refractivity contribution is -0.308. The summed E-state index contributed by atoms with van der Waals surface area (Å²) in [6.07, 6.45) is -20.6. The van der Waals surface area contributed by atoms with E-state index < -0.39 is 36.3 Å². The SMILES string of the molecule is O=C(OC(C(F)(F)F)C(F)(F)F)N1CCN(Cc2ccc(C(F)(F)F)cc2N2C3CCC2COC3)CC1. The summed E-state index contributed by atoms with van der Waals surface area (Å²) >= 11 is 0. The second-order valence-corrected chi connectivity index (χ2v) is 9.28. The number of morpholine rings is 1. The lowest BCUT2D eigenvalue weighted by atomic mass is 10.0. The van der Waals surface area contributed by atoms with Crippen LogP contribution in [0, 0.1) is 0 Å². The summed E-state index contributed by atoms with van der Waals surface area (Å²) in [7, 11) is 0. The Morgan fingerprint density at radius 2 is 1.49 bits per heavy atom. The number of carbonyl (C=O) groups is 1. The van der Waals surface area contributed by atoms with Crippen molar-refractivity contribution in [1.82, 2.24) is 9.80 Å². The molecule has 1 aromatic rings. The van der Waals surface area contributed by atoms with Crippen LogP contribution >= 0.6 is 0 Å². The first kappa shape index (κ1) is 27.6. The van der Waals surface area contributed by atoms with E-state index in [0.717, 1.165) is 29.9 Å². The van der Waals surface area contributed by atoms with Gasteiger partial charge in [-0.25, -0.2) is 4.79 Å². The summed E-state index contributed by atoms with van der Waals surface area (Å²) in [6.45, 7) is 0.705. The van der Waals surface area contributed by atoms with Gasteiger partial charge >= 0.3 is 24.6 Å². The molecule has 0 radical (unpaired) electrons. The topological polar surface area (TPSA) is 45.2 Å². The summed E-state index contributed by atoms with van der Waals surface area (Å²) in [5, 5.41) is 0. The van der Waals surface area contributed by atoms with Crippen LogP contribution in [0.3, 0.4) is 0 Å². The number of benzene rings is 1. The first-order chi connectivity index (χ1) is 17.1. The van der Waals surface area contributed by atoms with Gasteiger partial charge in [0.05, 0.1) is 30.9 Å². The highest BCUT2D eigenvalue weighted by Crippen LogP contribution is 2.40. The Labute approximate surface area is 205 Å². The number of hydrogen-bond donors (Lipinski definition) is 0. The molecule has 1 amide bonds. The zero-order valence-corrected chi connectivity index (χ0v) is 19.3. The molecule has 0 spiro atoms. The number of hydrogen-bond acceptors (Lipinski definition) is 5. The molecule has 3 heterocycles. The zero-order valence-electron chi connectivity index (χ0n) is 19.3. The van der Waals surface area contributed by atoms with E-state index in [1.807, 2.05) is 4.90 Å². The van der Waals surface area contributed by atoms with Gasteiger partial charge in [0, 0.05) is 38.4 Å². The highest BCUT2D eigenvalue weighted by atomic mass is 19.4. The monoisotopic (exact) mass is 549 g/mol. The first-order valence-electron chi connectivity index (χ1n) is 11.5. The minimum atomic E-state index is -5.81. The van der Waals surface area contributed by atoms with E-state index in [1.165, 1.54) is 6.07 Å². The third-order valence-corrected chi connectivity index (χ3v) is 6.77. The average Bonchev–Trinajstić information content (AvgIpc) is 3.03. The Balaban J connectivity index is 1.44. The number of rotatable bonds is 4. The Morgan fingerprint density at radius 1 is 0.919 bits per heavy atom. The standard InChI is InChI=1S/C22H24F9N3O3/c23-20(24,25)14-2-1-13(17(9-14)34-15-3-4-16(34)12-36-11-15)10-32-5-7-33(8-6-32)19(35)37-18(21(26,27)28)22(29,30)31/h1-2,9,15-16,18H,3-8,10-12H2. The molecule has 6 nitrogen and oxygen atoms in total. The molecule has 0 aliphatic carbocycles. The van der Waals surface area contributed by atoms with Crippen molar-refractivity contribution in [3.8, 4) is 0 Å². The lowest BCUT2D eigenvalue weighted by Gasteiger charge is -2.39. The predicted octanol–water partition coefficient (Wildman–Crippen LogP) is 4.82. The maximum atomic E-state index is 13.4. The van der Waals surface area contributed by atoms with Crippen molar-refractivity contribution in [2.24, 2.45) is 0 Å². The molecule has 2 atom stereocenters. The van der Waals surface area contributed by atoms with Gasteiger partial charge in [0.2, 0.25) is 0 Å². The molecule has 3 fully saturated rings. The lowest BCUT2D eigenvalue weighted by Crippen LogP contribution is -2.52. The van der Waals surface area contributed by atoms with Crippen molar-refractivity contribution in [1.29, 1.82) is 0 Å². The minimum absolute atomic E-state index is 0.0668. The fourth-order valence-electron chi connectivity index (χ4n) is 4.96. The van der Waals surface area contributed by atoms with Crippen LogP contribution in [-0.2, 0) is 22.2 Å². The quantitative estimate of drug-likeness (QED) is 0.505. The number of amides is 1. The summed E-state index contributed by atoms with van der Waals surface area (Å²) < 4.78 is 126. The van der Waals surface area contributed by atoms with Crippen LogP contribution in [0.2, 0.25) is 0 Å². The summed E-state index contributed by atoms with van der Waals surface area (Å²) in [6, 6.07) is 3.33.